The van der Waals surface area contributed by atoms with Gasteiger partial charge in [0, 0.05) is 19.6 Å². The molecule has 118 valence electrons. The van der Waals surface area contributed by atoms with Gasteiger partial charge in [-0.3, -0.25) is 4.79 Å². The molecule has 1 amide bonds. The van der Waals surface area contributed by atoms with Crippen LogP contribution in [0.15, 0.2) is 34.9 Å². The fraction of sp³-hybridized carbons (Fsp3) is 0.412. The zero-order valence-corrected chi connectivity index (χ0v) is 13.4. The minimum absolute atomic E-state index is 0.106. The molecule has 22 heavy (non-hydrogen) atoms. The van der Waals surface area contributed by atoms with E-state index in [1.54, 1.807) is 14.0 Å². The molecule has 0 aliphatic carbocycles. The Morgan fingerprint density at radius 3 is 2.59 bits per heavy atom. The minimum Gasteiger partial charge on any atom is -0.375 e. The second-order valence-electron chi connectivity index (χ2n) is 5.51. The largest absolute Gasteiger partial charge is 0.375 e. The van der Waals surface area contributed by atoms with Gasteiger partial charge in [-0.05, 0) is 12.5 Å². The summed E-state index contributed by atoms with van der Waals surface area (Å²) >= 11 is 0. The number of hydrogen-bond donors (Lipinski definition) is 1. The molecule has 5 heteroatoms. The van der Waals surface area contributed by atoms with Gasteiger partial charge in [-0.2, -0.15) is 0 Å². The van der Waals surface area contributed by atoms with Crippen molar-refractivity contribution in [2.24, 2.45) is 0 Å². The zero-order valence-electron chi connectivity index (χ0n) is 13.4. The average Bonchev–Trinajstić information content (AvgIpc) is 2.91. The molecule has 1 aromatic heterocycles. The molecular weight excluding hydrogens is 280 g/mol. The van der Waals surface area contributed by atoms with Gasteiger partial charge < -0.3 is 14.6 Å². The Morgan fingerprint density at radius 1 is 1.32 bits per heavy atom. The van der Waals surface area contributed by atoms with Crippen LogP contribution < -0.4 is 5.32 Å². The third-order valence-electron chi connectivity index (χ3n) is 3.54. The molecule has 1 unspecified atom stereocenters. The maximum atomic E-state index is 12.4. The first kappa shape index (κ1) is 16.2. The molecule has 0 fully saturated rings. The molecule has 0 saturated carbocycles. The number of benzene rings is 1. The summed E-state index contributed by atoms with van der Waals surface area (Å²) < 4.78 is 10.7. The van der Waals surface area contributed by atoms with Gasteiger partial charge in [0.05, 0.1) is 11.8 Å². The Kier molecular flexibility index (Phi) is 5.33. The topological polar surface area (TPSA) is 64.4 Å². The fourth-order valence-corrected chi connectivity index (χ4v) is 2.34. The number of methoxy groups -OCH3 is 1. The Morgan fingerprint density at radius 2 is 2.00 bits per heavy atom. The van der Waals surface area contributed by atoms with Gasteiger partial charge in [-0.25, -0.2) is 0 Å². The number of carbonyl (C=O) groups is 1. The van der Waals surface area contributed by atoms with E-state index in [4.69, 9.17) is 9.26 Å². The molecule has 1 atom stereocenters. The molecule has 0 spiro atoms. The van der Waals surface area contributed by atoms with Crippen LogP contribution in [0.4, 0.5) is 0 Å². The first-order valence-corrected chi connectivity index (χ1v) is 7.36. The van der Waals surface area contributed by atoms with Crippen molar-refractivity contribution in [3.05, 3.63) is 52.9 Å². The van der Waals surface area contributed by atoms with Gasteiger partial charge >= 0.3 is 0 Å². The van der Waals surface area contributed by atoms with Gasteiger partial charge in [0.2, 0.25) is 0 Å². The molecule has 0 aliphatic heterocycles. The van der Waals surface area contributed by atoms with E-state index in [0.717, 1.165) is 5.56 Å². The molecule has 2 rings (SSSR count). The highest BCUT2D eigenvalue weighted by Gasteiger charge is 2.23. The number of nitrogens with one attached hydrogen (secondary N) is 1. The van der Waals surface area contributed by atoms with E-state index >= 15 is 0 Å². The summed E-state index contributed by atoms with van der Waals surface area (Å²) in [5.74, 6) is 0.540. The highest BCUT2D eigenvalue weighted by Crippen LogP contribution is 2.22. The lowest BCUT2D eigenvalue weighted by Gasteiger charge is -2.16. The van der Waals surface area contributed by atoms with Crippen molar-refractivity contribution < 1.29 is 14.1 Å². The van der Waals surface area contributed by atoms with Crippen molar-refractivity contribution in [2.75, 3.05) is 13.7 Å². The summed E-state index contributed by atoms with van der Waals surface area (Å²) in [5, 5.41) is 6.80. The summed E-state index contributed by atoms with van der Waals surface area (Å²) in [6.45, 7) is 6.11. The molecule has 2 aromatic rings. The van der Waals surface area contributed by atoms with Crippen LogP contribution in [0.3, 0.4) is 0 Å². The maximum absolute atomic E-state index is 12.4. The molecule has 5 nitrogen and oxygen atoms in total. The molecule has 0 saturated heterocycles. The maximum Gasteiger partial charge on any atom is 0.256 e. The van der Waals surface area contributed by atoms with E-state index in [2.05, 4.69) is 10.5 Å². The number of aromatic nitrogens is 1. The lowest BCUT2D eigenvalue weighted by atomic mass is 10.0. The van der Waals surface area contributed by atoms with Crippen molar-refractivity contribution >= 4 is 5.91 Å². The van der Waals surface area contributed by atoms with E-state index in [1.807, 2.05) is 44.2 Å². The molecule has 1 aromatic carbocycles. The number of hydrogen-bond acceptors (Lipinski definition) is 4. The number of carbonyl (C=O) groups excluding carboxylic acids is 1. The van der Waals surface area contributed by atoms with Crippen LogP contribution in [0, 0.1) is 6.92 Å². The predicted octanol–water partition coefficient (Wildman–Crippen LogP) is 3.22. The minimum atomic E-state index is -0.187. The Labute approximate surface area is 130 Å². The zero-order chi connectivity index (χ0) is 16.1. The van der Waals surface area contributed by atoms with E-state index in [1.165, 1.54) is 0 Å². The predicted molar refractivity (Wildman–Crippen MR) is 83.9 cm³/mol. The van der Waals surface area contributed by atoms with Gasteiger partial charge in [-0.1, -0.05) is 49.3 Å². The van der Waals surface area contributed by atoms with Crippen LogP contribution in [0.5, 0.6) is 0 Å². The molecule has 1 N–H and O–H groups in total. The van der Waals surface area contributed by atoms with Gasteiger partial charge in [0.1, 0.15) is 5.56 Å². The van der Waals surface area contributed by atoms with Crippen molar-refractivity contribution in [3.8, 4) is 0 Å². The van der Waals surface area contributed by atoms with E-state index < -0.39 is 0 Å². The normalized spacial score (nSPS) is 12.4. The van der Waals surface area contributed by atoms with Crippen LogP contribution in [-0.4, -0.2) is 24.7 Å². The fourth-order valence-electron chi connectivity index (χ4n) is 2.34. The van der Waals surface area contributed by atoms with Crippen molar-refractivity contribution in [2.45, 2.75) is 32.8 Å². The quantitative estimate of drug-likeness (QED) is 0.890. The van der Waals surface area contributed by atoms with Crippen LogP contribution in [-0.2, 0) is 4.74 Å². The summed E-state index contributed by atoms with van der Waals surface area (Å²) in [5.41, 5.74) is 2.16. The van der Waals surface area contributed by atoms with E-state index in [-0.39, 0.29) is 17.9 Å². The number of ether oxygens (including phenoxy) is 1. The van der Waals surface area contributed by atoms with Crippen molar-refractivity contribution in [1.82, 2.24) is 10.5 Å². The second-order valence-corrected chi connectivity index (χ2v) is 5.51. The van der Waals surface area contributed by atoms with Crippen LogP contribution in [0.2, 0.25) is 0 Å². The monoisotopic (exact) mass is 302 g/mol. The first-order chi connectivity index (χ1) is 10.5. The molecular formula is C17H22N2O3. The summed E-state index contributed by atoms with van der Waals surface area (Å²) in [4.78, 5) is 12.4. The summed E-state index contributed by atoms with van der Waals surface area (Å²) in [6.07, 6.45) is -0.187. The lowest BCUT2D eigenvalue weighted by Crippen LogP contribution is -2.30. The van der Waals surface area contributed by atoms with Crippen LogP contribution >= 0.6 is 0 Å². The van der Waals surface area contributed by atoms with Crippen molar-refractivity contribution in [3.63, 3.8) is 0 Å². The van der Waals surface area contributed by atoms with E-state index in [0.29, 0.717) is 23.6 Å². The lowest BCUT2D eigenvalue weighted by molar-refractivity contribution is 0.0825. The Hall–Kier alpha value is -2.14. The van der Waals surface area contributed by atoms with Crippen molar-refractivity contribution in [1.29, 1.82) is 0 Å². The van der Waals surface area contributed by atoms with Gasteiger partial charge in [0.25, 0.3) is 5.91 Å². The molecule has 0 aliphatic rings. The third kappa shape index (κ3) is 3.54. The number of rotatable bonds is 6. The van der Waals surface area contributed by atoms with Gasteiger partial charge in [0.15, 0.2) is 5.76 Å². The number of aryl methyl sites for hydroxylation is 1. The highest BCUT2D eigenvalue weighted by atomic mass is 16.5. The SMILES string of the molecule is COC(CNC(=O)c1c(C)noc1C(C)C)c1ccccc1. The number of nitrogens with zero attached hydrogens (tertiary/aromatic N) is 1. The summed E-state index contributed by atoms with van der Waals surface area (Å²) in [6, 6.07) is 9.80. The smallest absolute Gasteiger partial charge is 0.256 e. The molecule has 0 bridgehead atoms. The molecule has 1 heterocycles. The first-order valence-electron chi connectivity index (χ1n) is 7.36. The molecule has 0 radical (unpaired) electrons. The standard InChI is InChI=1S/C17H22N2O3/c1-11(2)16-15(12(3)19-22-16)17(20)18-10-14(21-4)13-8-6-5-7-9-13/h5-9,11,14H,10H2,1-4H3,(H,18,20). The summed E-state index contributed by atoms with van der Waals surface area (Å²) in [7, 11) is 1.63. The van der Waals surface area contributed by atoms with Crippen LogP contribution in [0.1, 0.15) is 53.2 Å². The van der Waals surface area contributed by atoms with Gasteiger partial charge in [-0.15, -0.1) is 0 Å². The highest BCUT2D eigenvalue weighted by molar-refractivity contribution is 5.96. The van der Waals surface area contributed by atoms with E-state index in [9.17, 15) is 4.79 Å². The Balaban J connectivity index is 2.08. The Bertz CT molecular complexity index is 620. The van der Waals surface area contributed by atoms with Crippen LogP contribution in [0.25, 0.3) is 0 Å². The average molecular weight is 302 g/mol. The third-order valence-corrected chi connectivity index (χ3v) is 3.54. The number of amides is 1. The second kappa shape index (κ2) is 7.22.